The number of likely N-dealkylation sites (N-methyl/N-ethyl adjacent to an activating group) is 1. The fraction of sp³-hybridized carbons (Fsp3) is 0.0870. The Morgan fingerprint density at radius 1 is 1.17 bits per heavy atom. The number of pyridine rings is 1. The Morgan fingerprint density at radius 3 is 2.67 bits per heavy atom. The quantitative estimate of drug-likeness (QED) is 0.521. The summed E-state index contributed by atoms with van der Waals surface area (Å²) in [7, 11) is 1.58. The third-order valence-corrected chi connectivity index (χ3v) is 5.63. The predicted molar refractivity (Wildman–Crippen MR) is 122 cm³/mol. The van der Waals surface area contributed by atoms with Crippen LogP contribution in [0.1, 0.15) is 15.9 Å². The van der Waals surface area contributed by atoms with Crippen molar-refractivity contribution in [1.29, 1.82) is 0 Å². The minimum atomic E-state index is -0.314. The Morgan fingerprint density at radius 2 is 1.93 bits per heavy atom. The fourth-order valence-electron chi connectivity index (χ4n) is 2.63. The van der Waals surface area contributed by atoms with E-state index in [1.165, 1.54) is 16.7 Å². The molecule has 0 unspecified atom stereocenters. The molecule has 0 radical (unpaired) electrons. The van der Waals surface area contributed by atoms with Gasteiger partial charge in [-0.05, 0) is 54.6 Å². The van der Waals surface area contributed by atoms with Gasteiger partial charge in [0.15, 0.2) is 0 Å². The van der Waals surface area contributed by atoms with Gasteiger partial charge in [-0.25, -0.2) is 4.98 Å². The number of benzene rings is 2. The third-order valence-electron chi connectivity index (χ3n) is 4.07. The molecule has 0 atom stereocenters. The van der Waals surface area contributed by atoms with E-state index in [-0.39, 0.29) is 18.4 Å². The lowest BCUT2D eigenvalue weighted by atomic mass is 10.2. The summed E-state index contributed by atoms with van der Waals surface area (Å²) in [4.78, 5) is 32.0. The largest absolute Gasteiger partial charge is 0.332 e. The number of carbonyl (C=O) groups is 2. The van der Waals surface area contributed by atoms with Crippen molar-refractivity contribution in [2.24, 2.45) is 0 Å². The Labute approximate surface area is 188 Å². The van der Waals surface area contributed by atoms with Gasteiger partial charge in [-0.15, -0.1) is 6.42 Å². The number of nitrogens with zero attached hydrogens (tertiary/aromatic N) is 2. The highest BCUT2D eigenvalue weighted by Crippen LogP contribution is 2.30. The van der Waals surface area contributed by atoms with Gasteiger partial charge in [0.25, 0.3) is 5.91 Å². The van der Waals surface area contributed by atoms with E-state index in [1.807, 2.05) is 24.3 Å². The minimum Gasteiger partial charge on any atom is -0.332 e. The van der Waals surface area contributed by atoms with E-state index >= 15 is 0 Å². The maximum atomic E-state index is 13.0. The molecule has 0 fully saturated rings. The fourth-order valence-corrected chi connectivity index (χ4v) is 3.77. The predicted octanol–water partition coefficient (Wildman–Crippen LogP) is 4.69. The standard InChI is InChI=1S/C23H18BrN3O2S/c1-3-16-6-4-7-18(14-16)26-21(28)15-27(2)23(29)20-8-5-13-25-22(20)30-19-11-9-17(24)10-12-19/h1,4-14H,15H2,2H3,(H,26,28). The molecule has 1 N–H and O–H groups in total. The first-order chi connectivity index (χ1) is 14.5. The van der Waals surface area contributed by atoms with E-state index in [0.717, 1.165) is 9.37 Å². The number of amides is 2. The van der Waals surface area contributed by atoms with Gasteiger partial charge in [-0.3, -0.25) is 9.59 Å². The number of aromatic nitrogens is 1. The van der Waals surface area contributed by atoms with Gasteiger partial charge >= 0.3 is 0 Å². The Hall–Kier alpha value is -3.08. The van der Waals surface area contributed by atoms with Crippen LogP contribution in [0.2, 0.25) is 0 Å². The average Bonchev–Trinajstić information content (AvgIpc) is 2.75. The van der Waals surface area contributed by atoms with Crippen LogP contribution >= 0.6 is 27.7 Å². The van der Waals surface area contributed by atoms with Crippen LogP contribution in [0.5, 0.6) is 0 Å². The van der Waals surface area contributed by atoms with Crippen LogP contribution < -0.4 is 5.32 Å². The highest BCUT2D eigenvalue weighted by atomic mass is 79.9. The zero-order valence-corrected chi connectivity index (χ0v) is 18.5. The third kappa shape index (κ3) is 5.72. The number of hydrogen-bond donors (Lipinski definition) is 1. The summed E-state index contributed by atoms with van der Waals surface area (Å²) in [6.07, 6.45) is 7.03. The molecule has 0 bridgehead atoms. The molecule has 1 aromatic heterocycles. The van der Waals surface area contributed by atoms with Crippen molar-refractivity contribution in [3.8, 4) is 12.3 Å². The number of anilines is 1. The summed E-state index contributed by atoms with van der Waals surface area (Å²) in [6.45, 7) is -0.101. The second kappa shape index (κ2) is 10.1. The molecule has 3 aromatic rings. The average molecular weight is 480 g/mol. The number of rotatable bonds is 6. The molecule has 7 heteroatoms. The van der Waals surface area contributed by atoms with E-state index in [2.05, 4.69) is 32.2 Å². The molecule has 0 saturated heterocycles. The molecule has 0 aliphatic heterocycles. The van der Waals surface area contributed by atoms with Crippen LogP contribution in [0.4, 0.5) is 5.69 Å². The smallest absolute Gasteiger partial charge is 0.256 e. The number of nitrogens with one attached hydrogen (secondary N) is 1. The highest BCUT2D eigenvalue weighted by Gasteiger charge is 2.19. The Kier molecular flexibility index (Phi) is 7.28. The van der Waals surface area contributed by atoms with Gasteiger partial charge in [-0.1, -0.05) is 39.7 Å². The summed E-state index contributed by atoms with van der Waals surface area (Å²) in [5.74, 6) is 1.93. The van der Waals surface area contributed by atoms with Crippen LogP contribution in [0, 0.1) is 12.3 Å². The first-order valence-electron chi connectivity index (χ1n) is 8.96. The summed E-state index contributed by atoms with van der Waals surface area (Å²) < 4.78 is 0.975. The van der Waals surface area contributed by atoms with Gasteiger partial charge in [-0.2, -0.15) is 0 Å². The van der Waals surface area contributed by atoms with Crippen molar-refractivity contribution in [2.45, 2.75) is 9.92 Å². The number of terminal acetylenes is 1. The van der Waals surface area contributed by atoms with Crippen LogP contribution in [0.25, 0.3) is 0 Å². The zero-order valence-electron chi connectivity index (χ0n) is 16.1. The second-order valence-electron chi connectivity index (χ2n) is 6.35. The maximum absolute atomic E-state index is 13.0. The molecule has 2 amide bonds. The first kappa shape index (κ1) is 21.6. The van der Waals surface area contributed by atoms with Crippen molar-refractivity contribution < 1.29 is 9.59 Å². The maximum Gasteiger partial charge on any atom is 0.256 e. The van der Waals surface area contributed by atoms with Crippen molar-refractivity contribution in [2.75, 3.05) is 18.9 Å². The normalized spacial score (nSPS) is 10.2. The van der Waals surface area contributed by atoms with E-state index < -0.39 is 0 Å². The number of halogens is 1. The van der Waals surface area contributed by atoms with Crippen LogP contribution in [-0.2, 0) is 4.79 Å². The van der Waals surface area contributed by atoms with Gasteiger partial charge in [0.1, 0.15) is 5.03 Å². The summed E-state index contributed by atoms with van der Waals surface area (Å²) in [5, 5.41) is 3.34. The van der Waals surface area contributed by atoms with Gasteiger partial charge in [0.2, 0.25) is 5.91 Å². The molecule has 150 valence electrons. The Balaban J connectivity index is 1.69. The van der Waals surface area contributed by atoms with E-state index in [9.17, 15) is 9.59 Å². The monoisotopic (exact) mass is 479 g/mol. The first-order valence-corrected chi connectivity index (χ1v) is 10.6. The SMILES string of the molecule is C#Cc1cccc(NC(=O)CN(C)C(=O)c2cccnc2Sc2ccc(Br)cc2)c1. The molecule has 3 rings (SSSR count). The lowest BCUT2D eigenvalue weighted by molar-refractivity contribution is -0.116. The molecule has 0 aliphatic carbocycles. The van der Waals surface area contributed by atoms with Crippen LogP contribution in [0.15, 0.2) is 81.3 Å². The zero-order chi connectivity index (χ0) is 21.5. The highest BCUT2D eigenvalue weighted by molar-refractivity contribution is 9.10. The molecule has 5 nitrogen and oxygen atoms in total. The van der Waals surface area contributed by atoms with Crippen molar-refractivity contribution in [3.05, 3.63) is 82.5 Å². The Bertz CT molecular complexity index is 1110. The summed E-state index contributed by atoms with van der Waals surface area (Å²) in [5.41, 5.74) is 1.70. The molecular weight excluding hydrogens is 462 g/mol. The van der Waals surface area contributed by atoms with Crippen molar-refractivity contribution >= 4 is 45.2 Å². The number of carbonyl (C=O) groups excluding carboxylic acids is 2. The van der Waals surface area contributed by atoms with Gasteiger partial charge < -0.3 is 10.2 Å². The minimum absolute atomic E-state index is 0.101. The molecule has 0 saturated carbocycles. The van der Waals surface area contributed by atoms with Crippen molar-refractivity contribution in [3.63, 3.8) is 0 Å². The van der Waals surface area contributed by atoms with Crippen molar-refractivity contribution in [1.82, 2.24) is 9.88 Å². The summed E-state index contributed by atoms with van der Waals surface area (Å²) in [6, 6.07) is 18.1. The summed E-state index contributed by atoms with van der Waals surface area (Å²) >= 11 is 4.80. The topological polar surface area (TPSA) is 62.3 Å². The molecule has 0 aliphatic rings. The molecule has 2 aromatic carbocycles. The second-order valence-corrected chi connectivity index (χ2v) is 8.32. The van der Waals surface area contributed by atoms with Crippen LogP contribution in [0.3, 0.4) is 0 Å². The lowest BCUT2D eigenvalue weighted by Crippen LogP contribution is -2.35. The van der Waals surface area contributed by atoms with Gasteiger partial charge in [0, 0.05) is 33.9 Å². The lowest BCUT2D eigenvalue weighted by Gasteiger charge is -2.18. The van der Waals surface area contributed by atoms with Crippen LogP contribution in [-0.4, -0.2) is 35.3 Å². The molecule has 30 heavy (non-hydrogen) atoms. The van der Waals surface area contributed by atoms with Gasteiger partial charge in [0.05, 0.1) is 12.1 Å². The van der Waals surface area contributed by atoms with E-state index in [0.29, 0.717) is 21.8 Å². The van der Waals surface area contributed by atoms with E-state index in [1.54, 1.807) is 49.6 Å². The molecule has 1 heterocycles. The number of hydrogen-bond acceptors (Lipinski definition) is 4. The molecular formula is C23H18BrN3O2S. The molecule has 0 spiro atoms. The van der Waals surface area contributed by atoms with E-state index in [4.69, 9.17) is 6.42 Å².